The Balaban J connectivity index is 0.00000117. The largest absolute Gasteiger partial charge is 0.351 e. The number of amides is 1. The van der Waals surface area contributed by atoms with E-state index in [1.165, 1.54) is 0 Å². The average molecular weight is 376 g/mol. The number of ether oxygens (including phenoxy) is 2. The van der Waals surface area contributed by atoms with Gasteiger partial charge in [0.1, 0.15) is 0 Å². The summed E-state index contributed by atoms with van der Waals surface area (Å²) in [4.78, 5) is 16.6. The first-order valence-electron chi connectivity index (χ1n) is 9.25. The van der Waals surface area contributed by atoms with Gasteiger partial charge < -0.3 is 14.4 Å². The molecule has 0 N–H and O–H groups in total. The van der Waals surface area contributed by atoms with Gasteiger partial charge >= 0.3 is 0 Å². The minimum atomic E-state index is -0.329. The highest BCUT2D eigenvalue weighted by molar-refractivity contribution is 7.15. The van der Waals surface area contributed by atoms with Crippen molar-refractivity contribution in [2.45, 2.75) is 46.4 Å². The smallest absolute Gasteiger partial charge is 0.254 e. The Morgan fingerprint density at radius 1 is 1.15 bits per heavy atom. The maximum atomic E-state index is 12.4. The van der Waals surface area contributed by atoms with E-state index < -0.39 is 0 Å². The minimum absolute atomic E-state index is 0.163. The van der Waals surface area contributed by atoms with E-state index in [-0.39, 0.29) is 12.2 Å². The number of methoxy groups -OCH3 is 2. The van der Waals surface area contributed by atoms with Gasteiger partial charge in [-0.2, -0.15) is 0 Å². The summed E-state index contributed by atoms with van der Waals surface area (Å²) in [7, 11) is 3.28. The summed E-state index contributed by atoms with van der Waals surface area (Å²) in [6.07, 6.45) is 1.82. The molecule has 1 amide bonds. The van der Waals surface area contributed by atoms with Crippen molar-refractivity contribution in [2.24, 2.45) is 0 Å². The maximum Gasteiger partial charge on any atom is 0.254 e. The maximum absolute atomic E-state index is 12.4. The average Bonchev–Trinajstić information content (AvgIpc) is 3.28. The molecule has 3 rings (SSSR count). The van der Waals surface area contributed by atoms with Crippen LogP contribution in [0.25, 0.3) is 10.4 Å². The summed E-state index contributed by atoms with van der Waals surface area (Å²) >= 11 is 1.66. The van der Waals surface area contributed by atoms with E-state index in [9.17, 15) is 4.79 Å². The van der Waals surface area contributed by atoms with Gasteiger partial charge in [-0.1, -0.05) is 33.3 Å². The first kappa shape index (κ1) is 20.6. The molecule has 1 aromatic carbocycles. The zero-order valence-corrected chi connectivity index (χ0v) is 17.2. The van der Waals surface area contributed by atoms with E-state index in [2.05, 4.69) is 19.1 Å². The fourth-order valence-electron chi connectivity index (χ4n) is 3.03. The number of carbonyl (C=O) groups is 1. The molecular formula is C21H29NO3S. The van der Waals surface area contributed by atoms with Crippen molar-refractivity contribution in [3.05, 3.63) is 46.3 Å². The van der Waals surface area contributed by atoms with Gasteiger partial charge in [-0.25, -0.2) is 0 Å². The van der Waals surface area contributed by atoms with Crippen molar-refractivity contribution in [1.82, 2.24) is 4.90 Å². The molecule has 0 unspecified atom stereocenters. The zero-order chi connectivity index (χ0) is 19.1. The molecular weight excluding hydrogens is 346 g/mol. The third kappa shape index (κ3) is 4.34. The minimum Gasteiger partial charge on any atom is -0.351 e. The summed E-state index contributed by atoms with van der Waals surface area (Å²) in [5.74, 6) is 0.163. The normalized spacial score (nSPS) is 13.0. The van der Waals surface area contributed by atoms with Crippen molar-refractivity contribution in [3.8, 4) is 10.4 Å². The molecule has 0 saturated heterocycles. The highest BCUT2D eigenvalue weighted by Gasteiger charge is 2.27. The molecule has 0 saturated carbocycles. The van der Waals surface area contributed by atoms with Crippen LogP contribution in [-0.2, 0) is 16.0 Å². The van der Waals surface area contributed by atoms with E-state index in [4.69, 9.17) is 9.47 Å². The van der Waals surface area contributed by atoms with Crippen LogP contribution in [-0.4, -0.2) is 31.6 Å². The second-order valence-corrected chi connectivity index (χ2v) is 7.07. The van der Waals surface area contributed by atoms with Crippen LogP contribution in [0.15, 0.2) is 30.3 Å². The van der Waals surface area contributed by atoms with Crippen LogP contribution in [0.4, 0.5) is 0 Å². The summed E-state index contributed by atoms with van der Waals surface area (Å²) in [5.41, 5.74) is 3.11. The fourth-order valence-corrected chi connectivity index (χ4v) is 4.09. The van der Waals surface area contributed by atoms with Crippen LogP contribution in [0.5, 0.6) is 0 Å². The highest BCUT2D eigenvalue weighted by atomic mass is 32.1. The molecule has 4 nitrogen and oxygen atoms in total. The van der Waals surface area contributed by atoms with Crippen molar-refractivity contribution in [1.29, 1.82) is 0 Å². The van der Waals surface area contributed by atoms with E-state index in [0.29, 0.717) is 0 Å². The molecule has 2 aromatic rings. The number of carbonyl (C=O) groups excluding carboxylic acids is 1. The number of thiophene rings is 1. The molecule has 0 atom stereocenters. The highest BCUT2D eigenvalue weighted by Crippen LogP contribution is 2.35. The Morgan fingerprint density at radius 3 is 2.54 bits per heavy atom. The standard InChI is InChI=1S/C19H23NO3S.C2H6/c1-4-5-10-20-12-14-11-13(6-7-15(14)18(20)21)16-8-9-17(24-16)19(22-2)23-3;1-2/h6-9,11,19H,4-5,10,12H2,1-3H3;1-2H3. The van der Waals surface area contributed by atoms with Gasteiger partial charge in [-0.15, -0.1) is 11.3 Å². The summed E-state index contributed by atoms with van der Waals surface area (Å²) in [6, 6.07) is 10.2. The predicted octanol–water partition coefficient (Wildman–Crippen LogP) is 5.49. The monoisotopic (exact) mass is 375 g/mol. The second kappa shape index (κ2) is 9.86. The molecule has 0 bridgehead atoms. The lowest BCUT2D eigenvalue weighted by atomic mass is 10.1. The first-order valence-corrected chi connectivity index (χ1v) is 10.1. The van der Waals surface area contributed by atoms with Gasteiger partial charge in [0, 0.05) is 37.7 Å². The number of unbranched alkanes of at least 4 members (excludes halogenated alkanes) is 1. The number of fused-ring (bicyclic) bond motifs is 1. The lowest BCUT2D eigenvalue weighted by Crippen LogP contribution is -2.24. The van der Waals surface area contributed by atoms with Crippen molar-refractivity contribution >= 4 is 17.2 Å². The van der Waals surface area contributed by atoms with Crippen molar-refractivity contribution in [2.75, 3.05) is 20.8 Å². The van der Waals surface area contributed by atoms with Crippen LogP contribution in [0.1, 0.15) is 60.7 Å². The Morgan fingerprint density at radius 2 is 1.88 bits per heavy atom. The fraction of sp³-hybridized carbons (Fsp3) is 0.476. The molecule has 1 aromatic heterocycles. The Bertz CT molecular complexity index is 722. The summed E-state index contributed by atoms with van der Waals surface area (Å²) < 4.78 is 10.6. The van der Waals surface area contributed by atoms with Crippen LogP contribution < -0.4 is 0 Å². The van der Waals surface area contributed by atoms with Gasteiger partial charge in [0.15, 0.2) is 6.29 Å². The predicted molar refractivity (Wildman–Crippen MR) is 108 cm³/mol. The Labute approximate surface area is 160 Å². The Kier molecular flexibility index (Phi) is 7.82. The van der Waals surface area contributed by atoms with E-state index >= 15 is 0 Å². The van der Waals surface area contributed by atoms with Gasteiger partial charge in [-0.3, -0.25) is 4.79 Å². The molecule has 1 aliphatic heterocycles. The van der Waals surface area contributed by atoms with Crippen LogP contribution in [0.2, 0.25) is 0 Å². The van der Waals surface area contributed by atoms with E-state index in [1.807, 2.05) is 36.9 Å². The molecule has 0 spiro atoms. The third-order valence-electron chi connectivity index (χ3n) is 4.34. The van der Waals surface area contributed by atoms with Crippen LogP contribution >= 0.6 is 11.3 Å². The molecule has 0 fully saturated rings. The lowest BCUT2D eigenvalue weighted by Gasteiger charge is -2.14. The SMILES string of the molecule is CC.CCCCN1Cc2cc(-c3ccc(C(OC)OC)s3)ccc2C1=O. The van der Waals surface area contributed by atoms with Crippen LogP contribution in [0.3, 0.4) is 0 Å². The first-order chi connectivity index (χ1) is 12.7. The number of nitrogens with zero attached hydrogens (tertiary/aromatic N) is 1. The van der Waals surface area contributed by atoms with E-state index in [1.54, 1.807) is 25.6 Å². The molecule has 1 aliphatic rings. The van der Waals surface area contributed by atoms with Gasteiger partial charge in [0.2, 0.25) is 0 Å². The zero-order valence-electron chi connectivity index (χ0n) is 16.4. The molecule has 0 radical (unpaired) electrons. The molecule has 142 valence electrons. The number of benzene rings is 1. The number of rotatable bonds is 7. The van der Waals surface area contributed by atoms with E-state index in [0.717, 1.165) is 52.4 Å². The topological polar surface area (TPSA) is 38.8 Å². The molecule has 26 heavy (non-hydrogen) atoms. The molecule has 5 heteroatoms. The Hall–Kier alpha value is -1.69. The van der Waals surface area contributed by atoms with Gasteiger partial charge in [0.05, 0.1) is 4.88 Å². The van der Waals surface area contributed by atoms with Crippen molar-refractivity contribution in [3.63, 3.8) is 0 Å². The second-order valence-electron chi connectivity index (χ2n) is 5.96. The van der Waals surface area contributed by atoms with Gasteiger partial charge in [-0.05, 0) is 41.8 Å². The quantitative estimate of drug-likeness (QED) is 0.601. The molecule has 2 heterocycles. The van der Waals surface area contributed by atoms with Gasteiger partial charge in [0.25, 0.3) is 5.91 Å². The molecule has 0 aliphatic carbocycles. The number of hydrogen-bond donors (Lipinski definition) is 0. The van der Waals surface area contributed by atoms with Crippen molar-refractivity contribution < 1.29 is 14.3 Å². The third-order valence-corrected chi connectivity index (χ3v) is 5.49. The number of hydrogen-bond acceptors (Lipinski definition) is 4. The van der Waals surface area contributed by atoms with Crippen LogP contribution in [0, 0.1) is 0 Å². The summed E-state index contributed by atoms with van der Waals surface area (Å²) in [6.45, 7) is 7.71. The summed E-state index contributed by atoms with van der Waals surface area (Å²) in [5, 5.41) is 0. The lowest BCUT2D eigenvalue weighted by molar-refractivity contribution is -0.103.